The molecule has 4 heteroatoms. The van der Waals surface area contributed by atoms with Gasteiger partial charge in [0.25, 0.3) is 0 Å². The zero-order valence-corrected chi connectivity index (χ0v) is 20.7. The minimum atomic E-state index is 0.462. The molecular formula is C34H24O4. The zero-order valence-electron chi connectivity index (χ0n) is 20.7. The summed E-state index contributed by atoms with van der Waals surface area (Å²) in [6, 6.07) is 33.5. The van der Waals surface area contributed by atoms with Crippen LogP contribution < -0.4 is 18.9 Å². The smallest absolute Gasteiger partial charge is 0.170 e. The number of fused-ring (bicyclic) bond motifs is 10. The van der Waals surface area contributed by atoms with E-state index in [1.54, 1.807) is 0 Å². The van der Waals surface area contributed by atoms with Crippen molar-refractivity contribution < 1.29 is 18.9 Å². The van der Waals surface area contributed by atoms with E-state index >= 15 is 0 Å². The second kappa shape index (κ2) is 8.42. The highest BCUT2D eigenvalue weighted by molar-refractivity contribution is 6.13. The number of benzene rings is 6. The monoisotopic (exact) mass is 496 g/mol. The van der Waals surface area contributed by atoms with Gasteiger partial charge in [-0.25, -0.2) is 0 Å². The molecule has 0 saturated carbocycles. The third-order valence-electron chi connectivity index (χ3n) is 7.68. The van der Waals surface area contributed by atoms with E-state index in [-0.39, 0.29) is 0 Å². The van der Waals surface area contributed by atoms with Crippen molar-refractivity contribution in [3.63, 3.8) is 0 Å². The summed E-state index contributed by atoms with van der Waals surface area (Å²) in [5.74, 6) is 3.15. The minimum absolute atomic E-state index is 0.462. The molecule has 0 spiro atoms. The Balaban J connectivity index is 1.18. The molecule has 0 amide bonds. The normalized spacial score (nSPS) is 14.2. The summed E-state index contributed by atoms with van der Waals surface area (Å²) in [6.07, 6.45) is 0. The van der Waals surface area contributed by atoms with Crippen LogP contribution in [0.3, 0.4) is 0 Å². The number of hydrogen-bond donors (Lipinski definition) is 0. The Kier molecular flexibility index (Phi) is 4.74. The fraction of sp³-hybridized carbons (Fsp3) is 0.118. The van der Waals surface area contributed by atoms with Crippen molar-refractivity contribution in [1.29, 1.82) is 0 Å². The van der Waals surface area contributed by atoms with Gasteiger partial charge >= 0.3 is 0 Å². The lowest BCUT2D eigenvalue weighted by Gasteiger charge is -2.25. The number of hydrogen-bond acceptors (Lipinski definition) is 4. The van der Waals surface area contributed by atoms with Crippen LogP contribution in [-0.4, -0.2) is 0 Å². The van der Waals surface area contributed by atoms with E-state index < -0.39 is 0 Å². The maximum atomic E-state index is 6.53. The molecule has 0 aliphatic carbocycles. The van der Waals surface area contributed by atoms with Gasteiger partial charge in [0.15, 0.2) is 23.0 Å². The molecule has 0 saturated heterocycles. The summed E-state index contributed by atoms with van der Waals surface area (Å²) in [6.45, 7) is 1.87. The van der Waals surface area contributed by atoms with Crippen LogP contribution in [0.15, 0.2) is 97.1 Å². The van der Waals surface area contributed by atoms with Crippen LogP contribution in [0.4, 0.5) is 0 Å². The Labute approximate surface area is 219 Å². The molecule has 0 N–H and O–H groups in total. The molecule has 8 rings (SSSR count). The molecule has 0 fully saturated rings. The third-order valence-corrected chi connectivity index (χ3v) is 7.68. The van der Waals surface area contributed by atoms with Crippen molar-refractivity contribution in [2.24, 2.45) is 0 Å². The maximum absolute atomic E-state index is 6.53. The van der Waals surface area contributed by atoms with E-state index in [0.717, 1.165) is 66.8 Å². The molecule has 38 heavy (non-hydrogen) atoms. The fourth-order valence-electron chi connectivity index (χ4n) is 5.73. The molecular weight excluding hydrogens is 472 g/mol. The maximum Gasteiger partial charge on any atom is 0.170 e. The minimum Gasteiger partial charge on any atom is -0.485 e. The van der Waals surface area contributed by atoms with Gasteiger partial charge in [-0.15, -0.1) is 0 Å². The molecule has 6 aromatic rings. The molecule has 0 radical (unpaired) electrons. The van der Waals surface area contributed by atoms with Gasteiger partial charge in [0.2, 0.25) is 0 Å². The Hall–Kier alpha value is -4.70. The van der Waals surface area contributed by atoms with Gasteiger partial charge in [-0.05, 0) is 68.1 Å². The largest absolute Gasteiger partial charge is 0.485 e. The molecule has 2 aliphatic rings. The lowest BCUT2D eigenvalue weighted by Crippen LogP contribution is -2.14. The van der Waals surface area contributed by atoms with Crippen LogP contribution in [0, 0.1) is 0 Å². The summed E-state index contributed by atoms with van der Waals surface area (Å²) in [7, 11) is 0. The molecule has 2 aliphatic heterocycles. The third kappa shape index (κ3) is 3.37. The van der Waals surface area contributed by atoms with E-state index in [9.17, 15) is 0 Å². The zero-order chi connectivity index (χ0) is 25.1. The summed E-state index contributed by atoms with van der Waals surface area (Å²) in [4.78, 5) is 0. The summed E-state index contributed by atoms with van der Waals surface area (Å²) in [5.41, 5.74) is 4.43. The van der Waals surface area contributed by atoms with E-state index in [0.29, 0.717) is 26.4 Å². The van der Waals surface area contributed by atoms with Crippen molar-refractivity contribution in [2.75, 3.05) is 0 Å². The predicted octanol–water partition coefficient (Wildman–Crippen LogP) is 8.09. The van der Waals surface area contributed by atoms with Gasteiger partial charge in [0, 0.05) is 10.8 Å². The summed E-state index contributed by atoms with van der Waals surface area (Å²) in [5, 5.41) is 6.74. The SMILES string of the molecule is c1ccc2cc3c(cc2c1)OCc1cc2c(cc1CO3)COc1c(c3ccccc3c3ccccc13)OC2. The van der Waals surface area contributed by atoms with Gasteiger partial charge in [-0.2, -0.15) is 0 Å². The molecule has 2 heterocycles. The van der Waals surface area contributed by atoms with E-state index in [1.807, 2.05) is 12.1 Å². The first-order valence-electron chi connectivity index (χ1n) is 12.9. The van der Waals surface area contributed by atoms with Crippen LogP contribution in [0.5, 0.6) is 23.0 Å². The average molecular weight is 497 g/mol. The fourth-order valence-corrected chi connectivity index (χ4v) is 5.73. The van der Waals surface area contributed by atoms with E-state index in [2.05, 4.69) is 84.9 Å². The molecule has 184 valence electrons. The van der Waals surface area contributed by atoms with Crippen LogP contribution in [0.25, 0.3) is 32.3 Å². The van der Waals surface area contributed by atoms with Crippen molar-refractivity contribution in [3.8, 4) is 23.0 Å². The molecule has 0 aromatic heterocycles. The summed E-state index contributed by atoms with van der Waals surface area (Å²) < 4.78 is 25.6. The second-order valence-electron chi connectivity index (χ2n) is 9.94. The number of ether oxygens (including phenoxy) is 4. The van der Waals surface area contributed by atoms with Gasteiger partial charge in [0.1, 0.15) is 26.4 Å². The molecule has 0 atom stereocenters. The standard InChI is InChI=1S/C34H24O4/c1-2-8-22-16-32-31(15-21(22)7-1)35-17-23-13-25-19-37-33-29-11-5-3-9-27(29)28-10-4-6-12-30(28)34(33)38-20-26(25)14-24(23)18-36-32/h1-16H,17-20H2. The van der Waals surface area contributed by atoms with Crippen molar-refractivity contribution >= 4 is 32.3 Å². The van der Waals surface area contributed by atoms with Gasteiger partial charge < -0.3 is 18.9 Å². The summed E-state index contributed by atoms with van der Waals surface area (Å²) >= 11 is 0. The Morgan fingerprint density at radius 1 is 0.368 bits per heavy atom. The predicted molar refractivity (Wildman–Crippen MR) is 149 cm³/mol. The first-order chi connectivity index (χ1) is 18.8. The Morgan fingerprint density at radius 3 is 1.18 bits per heavy atom. The van der Waals surface area contributed by atoms with Crippen molar-refractivity contribution in [2.45, 2.75) is 26.4 Å². The number of rotatable bonds is 0. The molecule has 0 bridgehead atoms. The van der Waals surface area contributed by atoms with Crippen LogP contribution in [0.1, 0.15) is 22.3 Å². The highest BCUT2D eigenvalue weighted by Crippen LogP contribution is 2.45. The van der Waals surface area contributed by atoms with Gasteiger partial charge in [0.05, 0.1) is 0 Å². The topological polar surface area (TPSA) is 36.9 Å². The lowest BCUT2D eigenvalue weighted by atomic mass is 9.97. The molecule has 6 aromatic carbocycles. The van der Waals surface area contributed by atoms with Crippen LogP contribution in [0.2, 0.25) is 0 Å². The highest BCUT2D eigenvalue weighted by Gasteiger charge is 2.22. The quantitative estimate of drug-likeness (QED) is 0.199. The first-order valence-corrected chi connectivity index (χ1v) is 12.9. The van der Waals surface area contributed by atoms with Gasteiger partial charge in [-0.3, -0.25) is 0 Å². The Morgan fingerprint density at radius 2 is 0.737 bits per heavy atom. The van der Waals surface area contributed by atoms with E-state index in [1.165, 1.54) is 10.8 Å². The van der Waals surface area contributed by atoms with Crippen molar-refractivity contribution in [1.82, 2.24) is 0 Å². The van der Waals surface area contributed by atoms with Crippen molar-refractivity contribution in [3.05, 3.63) is 119 Å². The molecule has 4 nitrogen and oxygen atoms in total. The average Bonchev–Trinajstić information content (AvgIpc) is 2.95. The first kappa shape index (κ1) is 21.4. The van der Waals surface area contributed by atoms with E-state index in [4.69, 9.17) is 18.9 Å². The van der Waals surface area contributed by atoms with Crippen LogP contribution >= 0.6 is 0 Å². The molecule has 0 unspecified atom stereocenters. The Bertz CT molecular complexity index is 1750. The van der Waals surface area contributed by atoms with Gasteiger partial charge in [-0.1, -0.05) is 72.8 Å². The second-order valence-corrected chi connectivity index (χ2v) is 9.94. The van der Waals surface area contributed by atoms with Crippen LogP contribution in [-0.2, 0) is 26.4 Å². The highest BCUT2D eigenvalue weighted by atomic mass is 16.5. The lowest BCUT2D eigenvalue weighted by molar-refractivity contribution is 0.231.